The van der Waals surface area contributed by atoms with E-state index in [-0.39, 0.29) is 29.6 Å². The molecule has 1 fully saturated rings. The van der Waals surface area contributed by atoms with E-state index in [2.05, 4.69) is 27.8 Å². The Labute approximate surface area is 231 Å². The summed E-state index contributed by atoms with van der Waals surface area (Å²) in [4.78, 5) is 25.7. The number of rotatable bonds is 9. The van der Waals surface area contributed by atoms with Crippen molar-refractivity contribution < 1.29 is 14.0 Å². The molecule has 2 heterocycles. The van der Waals surface area contributed by atoms with Crippen molar-refractivity contribution in [3.8, 4) is 11.1 Å². The molecule has 0 radical (unpaired) electrons. The Morgan fingerprint density at radius 2 is 1.88 bits per heavy atom. The second-order valence-electron chi connectivity index (χ2n) is 10.5. The van der Waals surface area contributed by atoms with Crippen LogP contribution in [0.5, 0.6) is 0 Å². The Morgan fingerprint density at radius 1 is 1.07 bits per heavy atom. The van der Waals surface area contributed by atoms with E-state index in [0.717, 1.165) is 58.6 Å². The number of carbonyl (C=O) groups is 2. The van der Waals surface area contributed by atoms with Gasteiger partial charge in [-0.2, -0.15) is 10.2 Å². The molecule has 1 aliphatic rings. The molecule has 204 valence electrons. The summed E-state index contributed by atoms with van der Waals surface area (Å²) in [5, 5.41) is 19.5. The molecule has 0 spiro atoms. The Hall–Kier alpha value is -4.53. The van der Waals surface area contributed by atoms with Crippen LogP contribution < -0.4 is 10.6 Å². The molecular weight excluding hydrogens is 507 g/mol. The number of anilines is 1. The lowest BCUT2D eigenvalue weighted by Crippen LogP contribution is -2.27. The molecule has 0 unspecified atom stereocenters. The Morgan fingerprint density at radius 3 is 2.65 bits per heavy atom. The van der Waals surface area contributed by atoms with Crippen LogP contribution in [-0.2, 0) is 11.3 Å². The zero-order valence-corrected chi connectivity index (χ0v) is 22.5. The van der Waals surface area contributed by atoms with Crippen LogP contribution in [0.15, 0.2) is 60.7 Å². The molecule has 0 aliphatic heterocycles. The number of hydrogen-bond donors (Lipinski definition) is 3. The van der Waals surface area contributed by atoms with Crippen LogP contribution in [0.1, 0.15) is 61.6 Å². The van der Waals surface area contributed by atoms with Gasteiger partial charge in [0.2, 0.25) is 5.91 Å². The summed E-state index contributed by atoms with van der Waals surface area (Å²) >= 11 is 0. The predicted octanol–water partition coefficient (Wildman–Crippen LogP) is 6.36. The molecule has 1 aliphatic carbocycles. The number of amides is 2. The van der Waals surface area contributed by atoms with Crippen molar-refractivity contribution in [3.63, 3.8) is 0 Å². The molecule has 2 amide bonds. The molecule has 2 aromatic heterocycles. The van der Waals surface area contributed by atoms with Crippen molar-refractivity contribution in [2.45, 2.75) is 52.1 Å². The Kier molecular flexibility index (Phi) is 6.79. The summed E-state index contributed by atoms with van der Waals surface area (Å²) in [6, 6.07) is 17.8. The number of fused-ring (bicyclic) bond motifs is 2. The average molecular weight is 539 g/mol. The van der Waals surface area contributed by atoms with Crippen molar-refractivity contribution in [1.82, 2.24) is 25.3 Å². The van der Waals surface area contributed by atoms with Gasteiger partial charge in [-0.05, 0) is 79.3 Å². The fraction of sp³-hybridized carbons (Fsp3) is 0.290. The zero-order valence-electron chi connectivity index (χ0n) is 22.5. The third-order valence-electron chi connectivity index (χ3n) is 7.47. The lowest BCUT2D eigenvalue weighted by atomic mass is 10.0. The zero-order chi connectivity index (χ0) is 27.8. The first-order chi connectivity index (χ1) is 19.4. The van der Waals surface area contributed by atoms with Crippen molar-refractivity contribution in [2.75, 3.05) is 5.32 Å². The molecule has 5 aromatic rings. The Bertz CT molecular complexity index is 1730. The highest BCUT2D eigenvalue weighted by atomic mass is 19.1. The number of carbonyl (C=O) groups excluding carboxylic acids is 2. The summed E-state index contributed by atoms with van der Waals surface area (Å²) in [5.41, 5.74) is 4.58. The van der Waals surface area contributed by atoms with Crippen molar-refractivity contribution in [3.05, 3.63) is 77.7 Å². The van der Waals surface area contributed by atoms with Crippen LogP contribution in [0.3, 0.4) is 0 Å². The quantitative estimate of drug-likeness (QED) is 0.203. The number of nitrogens with one attached hydrogen (secondary N) is 3. The first-order valence-electron chi connectivity index (χ1n) is 13.8. The number of nitrogens with zero attached hydrogens (tertiary/aromatic N) is 3. The maximum atomic E-state index is 13.8. The smallest absolute Gasteiger partial charge is 0.272 e. The molecule has 8 nitrogen and oxygen atoms in total. The van der Waals surface area contributed by atoms with E-state index < -0.39 is 0 Å². The lowest BCUT2D eigenvalue weighted by molar-refractivity contribution is -0.117. The number of halogens is 1. The van der Waals surface area contributed by atoms with Gasteiger partial charge in [-0.25, -0.2) is 4.39 Å². The van der Waals surface area contributed by atoms with Crippen LogP contribution >= 0.6 is 0 Å². The van der Waals surface area contributed by atoms with Crippen LogP contribution in [0.2, 0.25) is 0 Å². The SMILES string of the molecule is CCCCn1nc(C(=O)N[C@@H](C)c2cccc(F)c2)c2cc(-c3ccc4c(NC(=O)C5CC5)n[nH]c4c3)ccc21. The molecule has 0 saturated heterocycles. The second-order valence-corrected chi connectivity index (χ2v) is 10.5. The summed E-state index contributed by atoms with van der Waals surface area (Å²) in [7, 11) is 0. The fourth-order valence-corrected chi connectivity index (χ4v) is 4.99. The van der Waals surface area contributed by atoms with Crippen molar-refractivity contribution in [2.24, 2.45) is 5.92 Å². The summed E-state index contributed by atoms with van der Waals surface area (Å²) in [6.07, 6.45) is 3.80. The van der Waals surface area contributed by atoms with E-state index in [0.29, 0.717) is 23.6 Å². The van der Waals surface area contributed by atoms with Gasteiger partial charge >= 0.3 is 0 Å². The van der Waals surface area contributed by atoms with Crippen molar-refractivity contribution in [1.29, 1.82) is 0 Å². The minimum absolute atomic E-state index is 0.0144. The molecule has 6 rings (SSSR count). The molecular formula is C31H31FN6O2. The van der Waals surface area contributed by atoms with Gasteiger partial charge in [0.1, 0.15) is 5.82 Å². The largest absolute Gasteiger partial charge is 0.344 e. The van der Waals surface area contributed by atoms with Crippen LogP contribution in [0.4, 0.5) is 10.2 Å². The molecule has 0 bridgehead atoms. The monoisotopic (exact) mass is 538 g/mol. The predicted molar refractivity (Wildman–Crippen MR) is 153 cm³/mol. The van der Waals surface area contributed by atoms with Crippen LogP contribution in [-0.4, -0.2) is 31.8 Å². The molecule has 3 N–H and O–H groups in total. The third kappa shape index (κ3) is 5.06. The molecule has 40 heavy (non-hydrogen) atoms. The summed E-state index contributed by atoms with van der Waals surface area (Å²) in [6.45, 7) is 4.65. The fourth-order valence-electron chi connectivity index (χ4n) is 4.99. The van der Waals surface area contributed by atoms with Gasteiger partial charge in [-0.1, -0.05) is 37.6 Å². The molecule has 1 atom stereocenters. The van der Waals surface area contributed by atoms with Gasteiger partial charge in [0.05, 0.1) is 17.1 Å². The van der Waals surface area contributed by atoms with Gasteiger partial charge < -0.3 is 10.6 Å². The highest BCUT2D eigenvalue weighted by Crippen LogP contribution is 2.33. The Balaban J connectivity index is 1.33. The average Bonchev–Trinajstić information content (AvgIpc) is 3.65. The summed E-state index contributed by atoms with van der Waals surface area (Å²) < 4.78 is 15.6. The molecule has 1 saturated carbocycles. The van der Waals surface area contributed by atoms with Crippen molar-refractivity contribution >= 4 is 39.4 Å². The van der Waals surface area contributed by atoms with Gasteiger partial charge in [0, 0.05) is 23.2 Å². The van der Waals surface area contributed by atoms with E-state index >= 15 is 0 Å². The maximum Gasteiger partial charge on any atom is 0.272 e. The topological polar surface area (TPSA) is 105 Å². The van der Waals surface area contributed by atoms with Gasteiger partial charge in [-0.3, -0.25) is 19.4 Å². The number of unbranched alkanes of at least 4 members (excludes halogenated alkanes) is 1. The number of H-pyrrole nitrogens is 1. The normalized spacial score (nSPS) is 14.0. The van der Waals surface area contributed by atoms with E-state index in [1.165, 1.54) is 12.1 Å². The van der Waals surface area contributed by atoms with E-state index in [4.69, 9.17) is 5.10 Å². The van der Waals surface area contributed by atoms with Crippen LogP contribution in [0.25, 0.3) is 32.9 Å². The van der Waals surface area contributed by atoms with E-state index in [1.54, 1.807) is 12.1 Å². The first-order valence-corrected chi connectivity index (χ1v) is 13.8. The van der Waals surface area contributed by atoms with E-state index in [9.17, 15) is 14.0 Å². The maximum absolute atomic E-state index is 13.8. The number of benzene rings is 3. The summed E-state index contributed by atoms with van der Waals surface area (Å²) in [5.74, 6) is -0.00402. The second kappa shape index (κ2) is 10.6. The highest BCUT2D eigenvalue weighted by Gasteiger charge is 2.30. The number of aryl methyl sites for hydroxylation is 1. The lowest BCUT2D eigenvalue weighted by Gasteiger charge is -2.13. The number of hydrogen-bond acceptors (Lipinski definition) is 4. The highest BCUT2D eigenvalue weighted by molar-refractivity contribution is 6.06. The van der Waals surface area contributed by atoms with E-state index in [1.807, 2.05) is 48.0 Å². The third-order valence-corrected chi connectivity index (χ3v) is 7.47. The van der Waals surface area contributed by atoms with Gasteiger partial charge in [-0.15, -0.1) is 0 Å². The number of aromatic amines is 1. The van der Waals surface area contributed by atoms with Crippen LogP contribution in [0, 0.1) is 11.7 Å². The standard InChI is InChI=1S/C31H31FN6O2/c1-3-4-14-38-27-13-11-21(22-10-12-24-26(17-22)35-36-29(24)34-30(39)19-8-9-19)16-25(27)28(37-38)31(40)33-18(2)20-6-5-7-23(32)15-20/h5-7,10-13,15-19H,3-4,8-9,14H2,1-2H3,(H,33,40)(H2,34,35,36,39)/t18-/m0/s1. The minimum atomic E-state index is -0.389. The molecule has 3 aromatic carbocycles. The first kappa shape index (κ1) is 25.7. The minimum Gasteiger partial charge on any atom is -0.344 e. The van der Waals surface area contributed by atoms with Gasteiger partial charge in [0.25, 0.3) is 5.91 Å². The van der Waals surface area contributed by atoms with Gasteiger partial charge in [0.15, 0.2) is 11.5 Å². The molecule has 9 heteroatoms. The number of aromatic nitrogens is 4.